The Morgan fingerprint density at radius 2 is 2.11 bits per heavy atom. The van der Waals surface area contributed by atoms with E-state index in [-0.39, 0.29) is 5.56 Å². The molecule has 0 radical (unpaired) electrons. The van der Waals surface area contributed by atoms with E-state index in [1.807, 2.05) is 12.1 Å². The third kappa shape index (κ3) is 1.71. The zero-order chi connectivity index (χ0) is 12.5. The van der Waals surface area contributed by atoms with Crippen LogP contribution in [0.2, 0.25) is 0 Å². The van der Waals surface area contributed by atoms with E-state index >= 15 is 0 Å². The first-order chi connectivity index (χ1) is 8.74. The molecule has 2 heterocycles. The fourth-order valence-electron chi connectivity index (χ4n) is 1.78. The maximum atomic E-state index is 10.9. The van der Waals surface area contributed by atoms with Gasteiger partial charge in [0.05, 0.1) is 11.3 Å². The van der Waals surface area contributed by atoms with Crippen LogP contribution in [0.25, 0.3) is 16.9 Å². The molecule has 0 spiro atoms. The molecule has 0 bridgehead atoms. The van der Waals surface area contributed by atoms with Crippen molar-refractivity contribution in [1.82, 2.24) is 14.6 Å². The van der Waals surface area contributed by atoms with Gasteiger partial charge >= 0.3 is 5.97 Å². The number of rotatable bonds is 2. The number of fused-ring (bicyclic) bond motifs is 1. The summed E-state index contributed by atoms with van der Waals surface area (Å²) in [5.41, 5.74) is 2.45. The molecule has 5 heteroatoms. The lowest BCUT2D eigenvalue weighted by molar-refractivity contribution is 0.0697. The number of benzene rings is 1. The first kappa shape index (κ1) is 10.5. The zero-order valence-corrected chi connectivity index (χ0v) is 9.32. The van der Waals surface area contributed by atoms with Crippen LogP contribution in [-0.4, -0.2) is 25.7 Å². The third-order valence-corrected chi connectivity index (χ3v) is 2.64. The molecule has 5 nitrogen and oxygen atoms in total. The van der Waals surface area contributed by atoms with Gasteiger partial charge in [0.15, 0.2) is 5.65 Å². The van der Waals surface area contributed by atoms with Crippen LogP contribution in [0.1, 0.15) is 10.4 Å². The number of carbonyl (C=O) groups is 1. The highest BCUT2D eigenvalue weighted by Crippen LogP contribution is 2.20. The van der Waals surface area contributed by atoms with E-state index in [9.17, 15) is 4.79 Å². The predicted octanol–water partition coefficient (Wildman–Crippen LogP) is 2.09. The van der Waals surface area contributed by atoms with Crippen LogP contribution in [0.4, 0.5) is 0 Å². The van der Waals surface area contributed by atoms with Crippen LogP contribution >= 0.6 is 0 Å². The second-order valence-electron chi connectivity index (χ2n) is 3.84. The number of carboxylic acids is 1. The Hall–Kier alpha value is -2.69. The van der Waals surface area contributed by atoms with E-state index < -0.39 is 5.97 Å². The predicted molar refractivity (Wildman–Crippen MR) is 65.4 cm³/mol. The fourth-order valence-corrected chi connectivity index (χ4v) is 1.78. The molecule has 3 rings (SSSR count). The van der Waals surface area contributed by atoms with Crippen LogP contribution < -0.4 is 0 Å². The van der Waals surface area contributed by atoms with Gasteiger partial charge in [0.2, 0.25) is 0 Å². The Bertz CT molecular complexity index is 701. The molecule has 1 N–H and O–H groups in total. The molecular formula is C13H9N3O2. The summed E-state index contributed by atoms with van der Waals surface area (Å²) in [6.07, 6.45) is 3.49. The molecule has 0 aliphatic carbocycles. The number of carboxylic acid groups (broad SMARTS) is 1. The molecule has 0 saturated carbocycles. The highest BCUT2D eigenvalue weighted by molar-refractivity contribution is 5.89. The van der Waals surface area contributed by atoms with Crippen molar-refractivity contribution in [3.05, 3.63) is 54.4 Å². The third-order valence-electron chi connectivity index (χ3n) is 2.64. The minimum absolute atomic E-state index is 0.248. The zero-order valence-electron chi connectivity index (χ0n) is 9.32. The van der Waals surface area contributed by atoms with Crippen LogP contribution in [0.3, 0.4) is 0 Å². The van der Waals surface area contributed by atoms with E-state index in [0.29, 0.717) is 5.69 Å². The summed E-state index contributed by atoms with van der Waals surface area (Å²) in [7, 11) is 0. The lowest BCUT2D eigenvalue weighted by Gasteiger charge is -1.98. The quantitative estimate of drug-likeness (QED) is 0.743. The standard InChI is InChI=1S/C13H9N3O2/c17-13(18)10-4-1-3-9(7-10)11-8-12-14-5-2-6-16(12)15-11/h1-8H,(H,17,18). The molecule has 88 valence electrons. The highest BCUT2D eigenvalue weighted by Gasteiger charge is 2.08. The summed E-state index contributed by atoms with van der Waals surface area (Å²) < 4.78 is 1.66. The van der Waals surface area contributed by atoms with Crippen LogP contribution in [0, 0.1) is 0 Å². The van der Waals surface area contributed by atoms with Crippen molar-refractivity contribution in [2.45, 2.75) is 0 Å². The maximum Gasteiger partial charge on any atom is 0.335 e. The summed E-state index contributed by atoms with van der Waals surface area (Å²) in [6, 6.07) is 10.3. The summed E-state index contributed by atoms with van der Waals surface area (Å²) in [5.74, 6) is -0.946. The first-order valence-corrected chi connectivity index (χ1v) is 5.38. The van der Waals surface area contributed by atoms with Crippen molar-refractivity contribution < 1.29 is 9.90 Å². The lowest BCUT2D eigenvalue weighted by Crippen LogP contribution is -1.95. The van der Waals surface area contributed by atoms with Gasteiger partial charge in [-0.05, 0) is 18.2 Å². The Morgan fingerprint density at radius 3 is 2.89 bits per heavy atom. The Morgan fingerprint density at radius 1 is 1.22 bits per heavy atom. The lowest BCUT2D eigenvalue weighted by atomic mass is 10.1. The normalized spacial score (nSPS) is 10.7. The minimum Gasteiger partial charge on any atom is -0.478 e. The van der Waals surface area contributed by atoms with Crippen molar-refractivity contribution in [3.8, 4) is 11.3 Å². The monoisotopic (exact) mass is 239 g/mol. The van der Waals surface area contributed by atoms with E-state index in [0.717, 1.165) is 11.2 Å². The van der Waals surface area contributed by atoms with Gasteiger partial charge in [-0.3, -0.25) is 0 Å². The molecule has 2 aromatic heterocycles. The van der Waals surface area contributed by atoms with E-state index in [2.05, 4.69) is 10.1 Å². The van der Waals surface area contributed by atoms with Gasteiger partial charge in [0.25, 0.3) is 0 Å². The fraction of sp³-hybridized carbons (Fsp3) is 0. The molecule has 0 saturated heterocycles. The van der Waals surface area contributed by atoms with Crippen molar-refractivity contribution in [2.75, 3.05) is 0 Å². The van der Waals surface area contributed by atoms with Gasteiger partial charge in [-0.2, -0.15) is 5.10 Å². The van der Waals surface area contributed by atoms with Crippen LogP contribution in [-0.2, 0) is 0 Å². The Labute approximate surface area is 102 Å². The molecule has 0 aliphatic heterocycles. The number of hydrogen-bond acceptors (Lipinski definition) is 3. The number of nitrogens with zero attached hydrogens (tertiary/aromatic N) is 3. The topological polar surface area (TPSA) is 67.5 Å². The van der Waals surface area contributed by atoms with Gasteiger partial charge in [-0.1, -0.05) is 12.1 Å². The van der Waals surface area contributed by atoms with Crippen LogP contribution in [0.15, 0.2) is 48.8 Å². The van der Waals surface area contributed by atoms with Crippen molar-refractivity contribution in [1.29, 1.82) is 0 Å². The average Bonchev–Trinajstić information content (AvgIpc) is 2.82. The van der Waals surface area contributed by atoms with Gasteiger partial charge < -0.3 is 5.11 Å². The number of aromatic nitrogens is 3. The van der Waals surface area contributed by atoms with Crippen molar-refractivity contribution >= 4 is 11.6 Å². The SMILES string of the molecule is O=C(O)c1cccc(-c2cc3ncccn3n2)c1. The van der Waals surface area contributed by atoms with Crippen LogP contribution in [0.5, 0.6) is 0 Å². The van der Waals surface area contributed by atoms with Crippen molar-refractivity contribution in [2.24, 2.45) is 0 Å². The smallest absolute Gasteiger partial charge is 0.335 e. The van der Waals surface area contributed by atoms with Gasteiger partial charge in [0.1, 0.15) is 0 Å². The molecule has 0 atom stereocenters. The van der Waals surface area contributed by atoms with Crippen molar-refractivity contribution in [3.63, 3.8) is 0 Å². The van der Waals surface area contributed by atoms with E-state index in [1.165, 1.54) is 0 Å². The Balaban J connectivity index is 2.13. The summed E-state index contributed by atoms with van der Waals surface area (Å²) in [5, 5.41) is 13.3. The number of hydrogen-bond donors (Lipinski definition) is 1. The molecule has 18 heavy (non-hydrogen) atoms. The first-order valence-electron chi connectivity index (χ1n) is 5.38. The average molecular weight is 239 g/mol. The molecular weight excluding hydrogens is 230 g/mol. The molecule has 0 aliphatic rings. The van der Waals surface area contributed by atoms with E-state index in [4.69, 9.17) is 5.11 Å². The van der Waals surface area contributed by atoms with Gasteiger partial charge in [0, 0.05) is 24.0 Å². The maximum absolute atomic E-state index is 10.9. The molecule has 0 unspecified atom stereocenters. The second kappa shape index (κ2) is 3.96. The Kier molecular flexibility index (Phi) is 2.30. The number of aromatic carboxylic acids is 1. The second-order valence-corrected chi connectivity index (χ2v) is 3.84. The molecule has 3 aromatic rings. The molecule has 1 aromatic carbocycles. The summed E-state index contributed by atoms with van der Waals surface area (Å²) in [4.78, 5) is 15.1. The minimum atomic E-state index is -0.946. The molecule has 0 amide bonds. The highest BCUT2D eigenvalue weighted by atomic mass is 16.4. The molecule has 0 fully saturated rings. The largest absolute Gasteiger partial charge is 0.478 e. The van der Waals surface area contributed by atoms with Gasteiger partial charge in [-0.15, -0.1) is 0 Å². The van der Waals surface area contributed by atoms with Gasteiger partial charge in [-0.25, -0.2) is 14.3 Å². The summed E-state index contributed by atoms with van der Waals surface area (Å²) >= 11 is 0. The summed E-state index contributed by atoms with van der Waals surface area (Å²) in [6.45, 7) is 0. The van der Waals surface area contributed by atoms with E-state index in [1.54, 1.807) is 41.2 Å².